The van der Waals surface area contributed by atoms with Crippen LogP contribution < -0.4 is 0 Å². The van der Waals surface area contributed by atoms with Gasteiger partial charge in [-0.2, -0.15) is 0 Å². The first-order valence-corrected chi connectivity index (χ1v) is 3.10. The molecule has 2 radical (unpaired) electrons. The van der Waals surface area contributed by atoms with Crippen LogP contribution in [0.15, 0.2) is 30.3 Å². The molecule has 46 valence electrons. The van der Waals surface area contributed by atoms with Gasteiger partial charge in [-0.25, -0.2) is 4.98 Å². The number of hydrogen-bond donors (Lipinski definition) is 0. The quantitative estimate of drug-likeness (QED) is 0.526. The van der Waals surface area contributed by atoms with Gasteiger partial charge in [0.1, 0.15) is 0 Å². The molecule has 0 bridgehead atoms. The summed E-state index contributed by atoms with van der Waals surface area (Å²) in [5.74, 6) is 0. The third kappa shape index (κ3) is 0.760. The standard InChI is InChI=1S/C9H5N/c1-2-6-9-8(4-1)5-3-7-10-9/h1-4,6H. The molecular weight excluding hydrogens is 122 g/mol. The lowest BCUT2D eigenvalue weighted by Crippen LogP contribution is -1.74. The summed E-state index contributed by atoms with van der Waals surface area (Å²) in [6.45, 7) is 0. The number of aromatic nitrogens is 1. The molecule has 0 fully saturated rings. The molecule has 2 rings (SSSR count). The molecule has 1 heterocycles. The van der Waals surface area contributed by atoms with E-state index in [4.69, 9.17) is 0 Å². The molecule has 0 unspecified atom stereocenters. The van der Waals surface area contributed by atoms with E-state index in [0.29, 0.717) is 0 Å². The van der Waals surface area contributed by atoms with E-state index in [2.05, 4.69) is 17.2 Å². The Morgan fingerprint density at radius 3 is 3.00 bits per heavy atom. The van der Waals surface area contributed by atoms with E-state index in [0.717, 1.165) is 10.9 Å². The average Bonchev–Trinajstić information content (AvgIpc) is 2.05. The first kappa shape index (κ1) is 5.42. The molecular formula is C9H5N. The highest BCUT2D eigenvalue weighted by atomic mass is 14.6. The van der Waals surface area contributed by atoms with Gasteiger partial charge < -0.3 is 0 Å². The lowest BCUT2D eigenvalue weighted by molar-refractivity contribution is 1.39. The molecule has 0 atom stereocenters. The molecule has 0 aliphatic heterocycles. The molecule has 0 aliphatic carbocycles. The molecule has 1 aromatic heterocycles. The van der Waals surface area contributed by atoms with Crippen molar-refractivity contribution in [2.75, 3.05) is 0 Å². The Balaban J connectivity index is 2.89. The average molecular weight is 127 g/mol. The summed E-state index contributed by atoms with van der Waals surface area (Å²) in [7, 11) is 0. The number of benzene rings is 1. The minimum absolute atomic E-state index is 0.949. The fourth-order valence-electron chi connectivity index (χ4n) is 0.905. The summed E-state index contributed by atoms with van der Waals surface area (Å²) >= 11 is 0. The molecule has 0 aliphatic rings. The van der Waals surface area contributed by atoms with Gasteiger partial charge >= 0.3 is 0 Å². The van der Waals surface area contributed by atoms with E-state index in [9.17, 15) is 0 Å². The predicted octanol–water partition coefficient (Wildman–Crippen LogP) is 1.84. The number of para-hydroxylation sites is 1. The fourth-order valence-corrected chi connectivity index (χ4v) is 0.905. The smallest absolute Gasteiger partial charge is 0.0900 e. The minimum atomic E-state index is 0.949. The summed E-state index contributed by atoms with van der Waals surface area (Å²) in [6, 6.07) is 12.6. The molecule has 2 aromatic rings. The maximum Gasteiger partial charge on any atom is 0.0900 e. The molecule has 10 heavy (non-hydrogen) atoms. The number of pyridine rings is 1. The number of rotatable bonds is 0. The van der Waals surface area contributed by atoms with Crippen molar-refractivity contribution in [1.29, 1.82) is 0 Å². The Morgan fingerprint density at radius 1 is 1.20 bits per heavy atom. The van der Waals surface area contributed by atoms with Crippen LogP contribution in [0.2, 0.25) is 0 Å². The summed E-state index contributed by atoms with van der Waals surface area (Å²) in [4.78, 5) is 4.02. The van der Waals surface area contributed by atoms with Gasteiger partial charge in [-0.3, -0.25) is 0 Å². The molecule has 0 spiro atoms. The van der Waals surface area contributed by atoms with E-state index >= 15 is 0 Å². The van der Waals surface area contributed by atoms with Gasteiger partial charge in [0.2, 0.25) is 0 Å². The van der Waals surface area contributed by atoms with E-state index < -0.39 is 0 Å². The van der Waals surface area contributed by atoms with Gasteiger partial charge in [-0.1, -0.05) is 18.2 Å². The van der Waals surface area contributed by atoms with Gasteiger partial charge in [0.25, 0.3) is 0 Å². The van der Waals surface area contributed by atoms with Crippen LogP contribution in [0.5, 0.6) is 0 Å². The van der Waals surface area contributed by atoms with E-state index in [-0.39, 0.29) is 0 Å². The molecule has 0 amide bonds. The number of fused-ring (bicyclic) bond motifs is 1. The third-order valence-corrected chi connectivity index (χ3v) is 1.38. The highest BCUT2D eigenvalue weighted by molar-refractivity contribution is 5.76. The second-order valence-electron chi connectivity index (χ2n) is 2.05. The van der Waals surface area contributed by atoms with Crippen LogP contribution in [-0.4, -0.2) is 4.98 Å². The molecule has 1 nitrogen and oxygen atoms in total. The van der Waals surface area contributed by atoms with Crippen LogP contribution in [0, 0.1) is 12.3 Å². The van der Waals surface area contributed by atoms with Gasteiger partial charge in [0, 0.05) is 5.39 Å². The predicted molar refractivity (Wildman–Crippen MR) is 39.4 cm³/mol. The van der Waals surface area contributed by atoms with E-state index in [1.165, 1.54) is 0 Å². The van der Waals surface area contributed by atoms with Crippen LogP contribution in [0.25, 0.3) is 10.9 Å². The molecule has 0 saturated heterocycles. The van der Waals surface area contributed by atoms with Crippen molar-refractivity contribution in [3.63, 3.8) is 0 Å². The van der Waals surface area contributed by atoms with Crippen LogP contribution in [0.1, 0.15) is 0 Å². The third-order valence-electron chi connectivity index (χ3n) is 1.38. The normalized spacial score (nSPS) is 10.0. The molecule has 0 N–H and O–H groups in total. The number of nitrogens with zero attached hydrogens (tertiary/aromatic N) is 1. The van der Waals surface area contributed by atoms with Gasteiger partial charge in [-0.05, 0) is 18.2 Å². The number of hydrogen-bond acceptors (Lipinski definition) is 1. The first-order valence-electron chi connectivity index (χ1n) is 3.10. The largest absolute Gasteiger partial charge is 0.246 e. The minimum Gasteiger partial charge on any atom is -0.246 e. The van der Waals surface area contributed by atoms with Crippen LogP contribution in [0.4, 0.5) is 0 Å². The zero-order chi connectivity index (χ0) is 6.81. The summed E-state index contributed by atoms with van der Waals surface area (Å²) in [5.41, 5.74) is 0.949. The van der Waals surface area contributed by atoms with Crippen molar-refractivity contribution in [2.24, 2.45) is 0 Å². The maximum atomic E-state index is 4.02. The van der Waals surface area contributed by atoms with Crippen molar-refractivity contribution < 1.29 is 0 Å². The van der Waals surface area contributed by atoms with Crippen LogP contribution in [-0.2, 0) is 0 Å². The lowest BCUT2D eigenvalue weighted by atomic mass is 10.2. The summed E-state index contributed by atoms with van der Waals surface area (Å²) in [5, 5.41) is 1.04. The van der Waals surface area contributed by atoms with Crippen molar-refractivity contribution in [3.05, 3.63) is 42.6 Å². The van der Waals surface area contributed by atoms with Crippen molar-refractivity contribution in [2.45, 2.75) is 0 Å². The lowest BCUT2D eigenvalue weighted by Gasteiger charge is -1.90. The molecule has 1 aromatic carbocycles. The molecule has 0 saturated carbocycles. The van der Waals surface area contributed by atoms with Crippen molar-refractivity contribution >= 4 is 10.9 Å². The Hall–Kier alpha value is -1.37. The summed E-state index contributed by atoms with van der Waals surface area (Å²) < 4.78 is 0. The topological polar surface area (TPSA) is 12.9 Å². The van der Waals surface area contributed by atoms with Gasteiger partial charge in [-0.15, -0.1) is 0 Å². The van der Waals surface area contributed by atoms with Gasteiger partial charge in [0.15, 0.2) is 0 Å². The van der Waals surface area contributed by atoms with E-state index in [1.807, 2.05) is 24.3 Å². The first-order chi connectivity index (χ1) is 4.97. The zero-order valence-electron chi connectivity index (χ0n) is 5.33. The van der Waals surface area contributed by atoms with Crippen LogP contribution in [0.3, 0.4) is 0 Å². The van der Waals surface area contributed by atoms with E-state index in [1.54, 1.807) is 6.07 Å². The maximum absolute atomic E-state index is 4.02. The Kier molecular flexibility index (Phi) is 1.14. The Morgan fingerprint density at radius 2 is 2.10 bits per heavy atom. The highest BCUT2D eigenvalue weighted by Crippen LogP contribution is 2.06. The zero-order valence-corrected chi connectivity index (χ0v) is 5.33. The monoisotopic (exact) mass is 127 g/mol. The highest BCUT2D eigenvalue weighted by Gasteiger charge is 1.87. The SMILES string of the molecule is [c]1c[c]c2ccccc2n1. The second-order valence-corrected chi connectivity index (χ2v) is 2.05. The fraction of sp³-hybridized carbons (Fsp3) is 0. The second kappa shape index (κ2) is 2.10. The van der Waals surface area contributed by atoms with Crippen molar-refractivity contribution in [3.8, 4) is 0 Å². The Labute approximate surface area is 59.3 Å². The molecule has 1 heteroatoms. The van der Waals surface area contributed by atoms with Crippen LogP contribution >= 0.6 is 0 Å². The van der Waals surface area contributed by atoms with Gasteiger partial charge in [0.05, 0.1) is 11.7 Å². The Bertz CT molecular complexity index is 276. The summed E-state index contributed by atoms with van der Waals surface area (Å²) in [6.07, 6.45) is 2.73. The van der Waals surface area contributed by atoms with Crippen molar-refractivity contribution in [1.82, 2.24) is 4.98 Å².